The van der Waals surface area contributed by atoms with Gasteiger partial charge in [0.15, 0.2) is 0 Å². The molecule has 2 aromatic carbocycles. The second-order valence-corrected chi connectivity index (χ2v) is 10.7. The Morgan fingerprint density at radius 3 is 2.14 bits per heavy atom. The Labute approximate surface area is 245 Å². The van der Waals surface area contributed by atoms with E-state index < -0.39 is 23.9 Å². The van der Waals surface area contributed by atoms with Crippen molar-refractivity contribution < 1.29 is 45.8 Å². The van der Waals surface area contributed by atoms with E-state index in [1.807, 2.05) is 31.3 Å². The summed E-state index contributed by atoms with van der Waals surface area (Å²) in [6.45, 7) is 6.43. The molecule has 14 heteroatoms. The van der Waals surface area contributed by atoms with Gasteiger partial charge in [0.1, 0.15) is 5.75 Å². The lowest BCUT2D eigenvalue weighted by atomic mass is 10.0. The molecule has 0 bridgehead atoms. The molecule has 1 saturated heterocycles. The van der Waals surface area contributed by atoms with E-state index in [0.717, 1.165) is 30.5 Å². The Bertz CT molecular complexity index is 1170. The summed E-state index contributed by atoms with van der Waals surface area (Å²) >= 11 is 5.84. The number of likely N-dealkylation sites (tertiary alicyclic amines) is 1. The summed E-state index contributed by atoms with van der Waals surface area (Å²) in [6, 6.07) is 10.6. The van der Waals surface area contributed by atoms with E-state index in [1.165, 1.54) is 17.0 Å². The lowest BCUT2D eigenvalue weighted by molar-refractivity contribution is -0.192. The molecule has 3 rings (SSSR count). The molecule has 0 atom stereocenters. The normalized spacial score (nSPS) is 14.6. The molecular weight excluding hydrogens is 592 g/mol. The minimum atomic E-state index is -5.08. The maximum atomic E-state index is 13.7. The lowest BCUT2D eigenvalue weighted by Crippen LogP contribution is -2.49. The predicted molar refractivity (Wildman–Crippen MR) is 145 cm³/mol. The first-order valence-corrected chi connectivity index (χ1v) is 13.5. The number of ether oxygens (including phenoxy) is 1. The lowest BCUT2D eigenvalue weighted by Gasteiger charge is -2.37. The van der Waals surface area contributed by atoms with Crippen LogP contribution in [-0.4, -0.2) is 65.9 Å². The number of nitrogens with one attached hydrogen (secondary N) is 1. The Kier molecular flexibility index (Phi) is 12.8. The number of urea groups is 1. The van der Waals surface area contributed by atoms with Crippen LogP contribution in [0.2, 0.25) is 5.02 Å². The number of nitrogens with zero attached hydrogens (tertiary/aromatic N) is 2. The third kappa shape index (κ3) is 11.6. The summed E-state index contributed by atoms with van der Waals surface area (Å²) in [5.74, 6) is -1.59. The van der Waals surface area contributed by atoms with Gasteiger partial charge in [-0.25, -0.2) is 9.59 Å². The average molecular weight is 626 g/mol. The van der Waals surface area contributed by atoms with E-state index in [2.05, 4.69) is 24.1 Å². The minimum Gasteiger partial charge on any atom is -0.493 e. The number of hydrogen-bond acceptors (Lipinski definition) is 4. The fraction of sp³-hybridized carbons (Fsp3) is 0.500. The molecule has 0 radical (unpaired) electrons. The van der Waals surface area contributed by atoms with Gasteiger partial charge in [0.2, 0.25) is 0 Å². The van der Waals surface area contributed by atoms with Crippen molar-refractivity contribution in [1.82, 2.24) is 15.1 Å². The number of amides is 2. The van der Waals surface area contributed by atoms with Crippen LogP contribution >= 0.6 is 11.6 Å². The molecule has 0 aliphatic carbocycles. The van der Waals surface area contributed by atoms with Gasteiger partial charge < -0.3 is 25.0 Å². The van der Waals surface area contributed by atoms with Crippen molar-refractivity contribution in [2.45, 2.75) is 58.2 Å². The molecule has 1 fully saturated rings. The first-order valence-electron chi connectivity index (χ1n) is 13.1. The van der Waals surface area contributed by atoms with E-state index in [-0.39, 0.29) is 35.7 Å². The van der Waals surface area contributed by atoms with Gasteiger partial charge in [-0.05, 0) is 74.3 Å². The maximum Gasteiger partial charge on any atom is 0.490 e. The van der Waals surface area contributed by atoms with Crippen molar-refractivity contribution in [3.8, 4) is 5.75 Å². The zero-order valence-corrected chi connectivity index (χ0v) is 24.1. The topological polar surface area (TPSA) is 82.1 Å². The summed E-state index contributed by atoms with van der Waals surface area (Å²) in [6.07, 6.45) is -8.25. The van der Waals surface area contributed by atoms with Crippen LogP contribution in [0.4, 0.5) is 31.1 Å². The van der Waals surface area contributed by atoms with E-state index in [0.29, 0.717) is 25.4 Å². The van der Waals surface area contributed by atoms with Gasteiger partial charge in [0.05, 0.1) is 12.2 Å². The van der Waals surface area contributed by atoms with Crippen molar-refractivity contribution >= 4 is 23.6 Å². The highest BCUT2D eigenvalue weighted by molar-refractivity contribution is 6.30. The first kappa shape index (κ1) is 35.0. The molecule has 0 saturated carbocycles. The van der Waals surface area contributed by atoms with Gasteiger partial charge in [0, 0.05) is 24.2 Å². The van der Waals surface area contributed by atoms with E-state index in [9.17, 15) is 31.1 Å². The summed E-state index contributed by atoms with van der Waals surface area (Å²) in [5.41, 5.74) is 0.0939. The summed E-state index contributed by atoms with van der Waals surface area (Å²) in [5, 5.41) is 10.0. The standard InChI is InChI=1S/C26H33ClF3N3O2.C2HF3O2/c1-18(2)17-35-23-8-4-19(5-9-23)15-31-25(34)33(22-10-12-32(3)13-11-22)16-20-6-7-21(27)14-24(20)26(28,29)30;3-2(4,5)1(6)7/h4-9,14,18,22H,10-13,15-17H2,1-3H3,(H,31,34);(H,6,7). The molecule has 1 aliphatic heterocycles. The maximum absolute atomic E-state index is 13.7. The number of carbonyl (C=O) groups is 2. The fourth-order valence-corrected chi connectivity index (χ4v) is 4.23. The van der Waals surface area contributed by atoms with Crippen LogP contribution < -0.4 is 10.1 Å². The molecule has 234 valence electrons. The molecule has 0 aromatic heterocycles. The molecular formula is C28H34ClF6N3O4. The van der Waals surface area contributed by atoms with E-state index >= 15 is 0 Å². The van der Waals surface area contributed by atoms with Gasteiger partial charge in [0.25, 0.3) is 0 Å². The Morgan fingerprint density at radius 2 is 1.64 bits per heavy atom. The van der Waals surface area contributed by atoms with Crippen LogP contribution in [0.5, 0.6) is 5.75 Å². The van der Waals surface area contributed by atoms with Crippen LogP contribution in [0.1, 0.15) is 43.4 Å². The quantitative estimate of drug-likeness (QED) is 0.314. The van der Waals surface area contributed by atoms with E-state index in [4.69, 9.17) is 26.2 Å². The summed E-state index contributed by atoms with van der Waals surface area (Å²) in [4.78, 5) is 25.8. The third-order valence-corrected chi connectivity index (χ3v) is 6.54. The van der Waals surface area contributed by atoms with Gasteiger partial charge >= 0.3 is 24.4 Å². The molecule has 1 heterocycles. The Hall–Kier alpha value is -3.19. The highest BCUT2D eigenvalue weighted by atomic mass is 35.5. The number of carboxylic acid groups (broad SMARTS) is 1. The smallest absolute Gasteiger partial charge is 0.490 e. The van der Waals surface area contributed by atoms with Crippen molar-refractivity contribution in [2.75, 3.05) is 26.7 Å². The highest BCUT2D eigenvalue weighted by Crippen LogP contribution is 2.35. The van der Waals surface area contributed by atoms with Gasteiger partial charge in [-0.1, -0.05) is 43.6 Å². The van der Waals surface area contributed by atoms with Gasteiger partial charge in [-0.3, -0.25) is 0 Å². The molecule has 42 heavy (non-hydrogen) atoms. The number of halogens is 7. The molecule has 2 N–H and O–H groups in total. The van der Waals surface area contributed by atoms with Crippen molar-refractivity contribution in [2.24, 2.45) is 5.92 Å². The van der Waals surface area contributed by atoms with Crippen LogP contribution in [0.15, 0.2) is 42.5 Å². The summed E-state index contributed by atoms with van der Waals surface area (Å²) < 4.78 is 78.5. The third-order valence-electron chi connectivity index (χ3n) is 6.30. The second kappa shape index (κ2) is 15.3. The zero-order valence-electron chi connectivity index (χ0n) is 23.4. The molecule has 2 aromatic rings. The molecule has 1 aliphatic rings. The van der Waals surface area contributed by atoms with Crippen LogP contribution in [0.3, 0.4) is 0 Å². The highest BCUT2D eigenvalue weighted by Gasteiger charge is 2.38. The number of carboxylic acids is 1. The van der Waals surface area contributed by atoms with Gasteiger partial charge in [-0.2, -0.15) is 26.3 Å². The number of benzene rings is 2. The van der Waals surface area contributed by atoms with Crippen LogP contribution in [0.25, 0.3) is 0 Å². The number of rotatable bonds is 8. The Morgan fingerprint density at radius 1 is 1.07 bits per heavy atom. The molecule has 0 spiro atoms. The van der Waals surface area contributed by atoms with Gasteiger partial charge in [-0.15, -0.1) is 0 Å². The van der Waals surface area contributed by atoms with Crippen molar-refractivity contribution in [3.05, 3.63) is 64.2 Å². The largest absolute Gasteiger partial charge is 0.493 e. The number of hydrogen-bond donors (Lipinski definition) is 2. The van der Waals surface area contributed by atoms with Crippen LogP contribution in [0, 0.1) is 5.92 Å². The average Bonchev–Trinajstić information content (AvgIpc) is 2.90. The summed E-state index contributed by atoms with van der Waals surface area (Å²) in [7, 11) is 2.00. The monoisotopic (exact) mass is 625 g/mol. The van der Waals surface area contributed by atoms with Crippen molar-refractivity contribution in [1.29, 1.82) is 0 Å². The molecule has 7 nitrogen and oxygen atoms in total. The Balaban J connectivity index is 0.000000782. The fourth-order valence-electron chi connectivity index (χ4n) is 4.05. The predicted octanol–water partition coefficient (Wildman–Crippen LogP) is 6.83. The minimum absolute atomic E-state index is 0.0113. The number of aliphatic carboxylic acids is 1. The molecule has 2 amide bonds. The van der Waals surface area contributed by atoms with Crippen LogP contribution in [-0.2, 0) is 24.1 Å². The van der Waals surface area contributed by atoms with E-state index in [1.54, 1.807) is 0 Å². The first-order chi connectivity index (χ1) is 19.5. The second-order valence-electron chi connectivity index (χ2n) is 10.3. The number of piperidine rings is 1. The molecule has 0 unspecified atom stereocenters. The number of carbonyl (C=O) groups excluding carboxylic acids is 1. The SMILES string of the molecule is CC(C)COc1ccc(CNC(=O)N(Cc2ccc(Cl)cc2C(F)(F)F)C2CCN(C)CC2)cc1.O=C(O)C(F)(F)F. The number of alkyl halides is 6. The van der Waals surface area contributed by atoms with Crippen molar-refractivity contribution in [3.63, 3.8) is 0 Å². The zero-order chi connectivity index (χ0) is 31.7.